The Labute approximate surface area is 494 Å². The number of unbranched alkanes of at least 4 members (excludes halogenated alkanes) is 1. The van der Waals surface area contributed by atoms with Crippen molar-refractivity contribution >= 4 is 60.5 Å². The summed E-state index contributed by atoms with van der Waals surface area (Å²) in [5, 5.41) is 17.0. The lowest BCUT2D eigenvalue weighted by Crippen LogP contribution is -2.65. The molecule has 6 N–H and O–H groups in total. The van der Waals surface area contributed by atoms with Crippen molar-refractivity contribution in [1.82, 2.24) is 31.9 Å². The molecule has 466 valence electrons. The van der Waals surface area contributed by atoms with Gasteiger partial charge in [0, 0.05) is 19.3 Å². The molecule has 21 heteroatoms. The van der Waals surface area contributed by atoms with Gasteiger partial charge in [0.1, 0.15) is 47.0 Å². The molecule has 2 bridgehead atoms. The second-order valence-corrected chi connectivity index (χ2v) is 28.5. The summed E-state index contributed by atoms with van der Waals surface area (Å²) in [4.78, 5) is 126. The van der Waals surface area contributed by atoms with E-state index in [1.165, 1.54) is 0 Å². The fraction of sp³-hybridized carbons (Fsp3) is 0.758. The first-order chi connectivity index (χ1) is 38.1. The van der Waals surface area contributed by atoms with Crippen molar-refractivity contribution < 1.29 is 66.7 Å². The molecule has 1 aliphatic heterocycles. The number of aryl methyl sites for hydroxylation is 1. The van der Waals surface area contributed by atoms with Crippen molar-refractivity contribution in [2.24, 2.45) is 28.6 Å². The number of carbonyl (C=O) groups is 9. The van der Waals surface area contributed by atoms with Crippen LogP contribution in [0.15, 0.2) is 24.3 Å². The Bertz CT molecular complexity index is 2470. The van der Waals surface area contributed by atoms with E-state index in [0.29, 0.717) is 23.8 Å². The maximum Gasteiger partial charge on any atom is 0.481 e. The summed E-state index contributed by atoms with van der Waals surface area (Å²) in [5.41, 5.74) is -2.59. The third-order valence-corrected chi connectivity index (χ3v) is 15.7. The highest BCUT2D eigenvalue weighted by molar-refractivity contribution is 6.48. The number of carbonyl (C=O) groups excluding carboxylic acids is 9. The van der Waals surface area contributed by atoms with Gasteiger partial charge >= 0.3 is 25.0 Å². The first kappa shape index (κ1) is 69.9. The van der Waals surface area contributed by atoms with Crippen LogP contribution in [0, 0.1) is 35.5 Å². The molecule has 1 heterocycles. The SMILES string of the molecule is CCCC[C@H](NC(=O)[C@H](CC(C)C)NC(=O)[C@@H](NC(=O)[C@H](Cc1ccccc1C)NC(=O)[C@H](CCC(=O)OC(C)(C)C)NC(=O)[C@H](CC(=O)OC(C)(C)C)NC(=O)CCC(=O)OC(C)(C)C)C(C)(C)C)B1O[C@@H]2C[C@@H]3C[C@@H](C3(C)C)[C@]2(C)O1. The van der Waals surface area contributed by atoms with Crippen molar-refractivity contribution in [1.29, 1.82) is 0 Å². The van der Waals surface area contributed by atoms with Gasteiger partial charge in [-0.3, -0.25) is 43.2 Å². The zero-order valence-electron chi connectivity index (χ0n) is 53.4. The van der Waals surface area contributed by atoms with Gasteiger partial charge in [-0.25, -0.2) is 0 Å². The zero-order chi connectivity index (χ0) is 62.8. The molecule has 1 aromatic carbocycles. The topological polar surface area (TPSA) is 272 Å². The van der Waals surface area contributed by atoms with Crippen LogP contribution in [0.2, 0.25) is 0 Å². The molecule has 1 aromatic rings. The van der Waals surface area contributed by atoms with Crippen molar-refractivity contribution in [3.63, 3.8) is 0 Å². The Balaban J connectivity index is 1.64. The van der Waals surface area contributed by atoms with Crippen molar-refractivity contribution in [3.05, 3.63) is 35.4 Å². The van der Waals surface area contributed by atoms with Crippen molar-refractivity contribution in [3.8, 4) is 0 Å². The third kappa shape index (κ3) is 21.2. The van der Waals surface area contributed by atoms with E-state index in [2.05, 4.69) is 59.6 Å². The number of rotatable bonds is 27. The van der Waals surface area contributed by atoms with E-state index in [4.69, 9.17) is 23.5 Å². The molecule has 20 nitrogen and oxygen atoms in total. The van der Waals surface area contributed by atoms with E-state index in [1.807, 2.05) is 32.9 Å². The second-order valence-electron chi connectivity index (χ2n) is 28.5. The molecular formula is C62H101BN6O14. The van der Waals surface area contributed by atoms with Crippen LogP contribution in [0.25, 0.3) is 0 Å². The minimum absolute atomic E-state index is 0.0388. The molecule has 4 aliphatic rings. The Kier molecular flexibility index (Phi) is 24.0. The predicted octanol–water partition coefficient (Wildman–Crippen LogP) is 6.97. The molecule has 5 rings (SSSR count). The zero-order valence-corrected chi connectivity index (χ0v) is 53.4. The quantitative estimate of drug-likeness (QED) is 0.0295. The molecule has 3 aliphatic carbocycles. The Hall–Kier alpha value is -5.57. The third-order valence-electron chi connectivity index (χ3n) is 15.7. The van der Waals surface area contributed by atoms with E-state index < -0.39 is 137 Å². The lowest BCUT2D eigenvalue weighted by atomic mass is 9.43. The molecule has 0 spiro atoms. The summed E-state index contributed by atoms with van der Waals surface area (Å²) < 4.78 is 29.8. The average Bonchev–Trinajstić information content (AvgIpc) is 1.97. The number of nitrogens with one attached hydrogen (secondary N) is 6. The molecule has 6 amide bonds. The summed E-state index contributed by atoms with van der Waals surface area (Å²) in [6, 6.07) is 0.300. The molecular weight excluding hydrogens is 1060 g/mol. The van der Waals surface area contributed by atoms with Crippen molar-refractivity contribution in [2.45, 2.75) is 273 Å². The van der Waals surface area contributed by atoms with E-state index in [0.717, 1.165) is 31.2 Å². The predicted molar refractivity (Wildman–Crippen MR) is 316 cm³/mol. The number of hydrogen-bond acceptors (Lipinski definition) is 14. The summed E-state index contributed by atoms with van der Waals surface area (Å²) in [7, 11) is -0.680. The van der Waals surface area contributed by atoms with Crippen LogP contribution in [-0.4, -0.2) is 125 Å². The van der Waals surface area contributed by atoms with E-state index in [-0.39, 0.29) is 49.5 Å². The lowest BCUT2D eigenvalue weighted by Gasteiger charge is -2.64. The molecule has 4 fully saturated rings. The van der Waals surface area contributed by atoms with Gasteiger partial charge in [-0.15, -0.1) is 0 Å². The smallest absolute Gasteiger partial charge is 0.460 e. The number of amides is 6. The molecule has 3 saturated carbocycles. The first-order valence-electron chi connectivity index (χ1n) is 30.0. The molecule has 1 saturated heterocycles. The molecule has 0 aromatic heterocycles. The average molecular weight is 1170 g/mol. The van der Waals surface area contributed by atoms with Crippen LogP contribution in [0.3, 0.4) is 0 Å². The fourth-order valence-corrected chi connectivity index (χ4v) is 11.3. The van der Waals surface area contributed by atoms with Crippen LogP contribution in [0.5, 0.6) is 0 Å². The summed E-state index contributed by atoms with van der Waals surface area (Å²) >= 11 is 0. The monoisotopic (exact) mass is 1160 g/mol. The van der Waals surface area contributed by atoms with Crippen LogP contribution >= 0.6 is 0 Å². The Morgan fingerprint density at radius 1 is 0.627 bits per heavy atom. The highest BCUT2D eigenvalue weighted by atomic mass is 16.7. The van der Waals surface area contributed by atoms with Gasteiger partial charge in [-0.05, 0) is 148 Å². The van der Waals surface area contributed by atoms with Gasteiger partial charge in [0.15, 0.2) is 0 Å². The summed E-state index contributed by atoms with van der Waals surface area (Å²) in [6.07, 6.45) is 2.13. The lowest BCUT2D eigenvalue weighted by molar-refractivity contribution is -0.199. The molecule has 0 unspecified atom stereocenters. The minimum atomic E-state index is -1.64. The number of esters is 3. The molecule has 83 heavy (non-hydrogen) atoms. The van der Waals surface area contributed by atoms with Gasteiger partial charge in [0.05, 0.1) is 30.5 Å². The molecule has 10 atom stereocenters. The van der Waals surface area contributed by atoms with Gasteiger partial charge < -0.3 is 55.4 Å². The number of hydrogen-bond donors (Lipinski definition) is 6. The maximum atomic E-state index is 15.0. The Morgan fingerprint density at radius 2 is 1.16 bits per heavy atom. The summed E-state index contributed by atoms with van der Waals surface area (Å²) in [6.45, 7) is 34.7. The van der Waals surface area contributed by atoms with Crippen LogP contribution in [0.1, 0.15) is 206 Å². The molecule has 0 radical (unpaired) electrons. The number of benzene rings is 1. The van der Waals surface area contributed by atoms with Crippen molar-refractivity contribution in [2.75, 3.05) is 0 Å². The van der Waals surface area contributed by atoms with E-state index in [1.54, 1.807) is 95.2 Å². The second kappa shape index (κ2) is 28.5. The van der Waals surface area contributed by atoms with Gasteiger partial charge in [0.2, 0.25) is 35.4 Å². The minimum Gasteiger partial charge on any atom is -0.460 e. The summed E-state index contributed by atoms with van der Waals surface area (Å²) in [5.74, 6) is -6.45. The van der Waals surface area contributed by atoms with Crippen LogP contribution in [-0.2, 0) is 73.1 Å². The first-order valence-corrected chi connectivity index (χ1v) is 30.0. The van der Waals surface area contributed by atoms with Gasteiger partial charge in [-0.2, -0.15) is 0 Å². The van der Waals surface area contributed by atoms with Gasteiger partial charge in [0.25, 0.3) is 0 Å². The van der Waals surface area contributed by atoms with Gasteiger partial charge in [-0.1, -0.05) is 92.5 Å². The van der Waals surface area contributed by atoms with Crippen LogP contribution < -0.4 is 31.9 Å². The maximum absolute atomic E-state index is 15.0. The normalized spacial score (nSPS) is 21.5. The number of ether oxygens (including phenoxy) is 3. The fourth-order valence-electron chi connectivity index (χ4n) is 11.3. The van der Waals surface area contributed by atoms with Crippen LogP contribution in [0.4, 0.5) is 0 Å². The Morgan fingerprint density at radius 3 is 1.71 bits per heavy atom. The highest BCUT2D eigenvalue weighted by Gasteiger charge is 2.68. The van der Waals surface area contributed by atoms with E-state index >= 15 is 0 Å². The largest absolute Gasteiger partial charge is 0.481 e. The highest BCUT2D eigenvalue weighted by Crippen LogP contribution is 2.65. The van der Waals surface area contributed by atoms with E-state index in [9.17, 15) is 43.2 Å². The standard InChI is InChI=1S/C62H101BN6O14/c1-20-21-26-46(63-82-45-34-39-33-44(61(39,17)18)62(45,19)83-63)68-54(76)41(31-36(2)3)67-56(78)51(57(5,6)7)69-55(77)42(32-38-25-23-22-24-37(38)4)66-52(74)40(27-29-48(71)79-58(8,9)10)65-53(75)43(35-50(73)81-60(14,15)16)64-47(70)28-30-49(72)80-59(11,12)13/h22-25,36,39-46,51H,20-21,26-35H2,1-19H3,(H,64,70)(H,65,75)(H,66,74)(H,67,78)(H,68,76)(H,69,77)/t39-,40-,41-,42-,43-,44-,45+,46-,51+,62-/m0/s1.